The van der Waals surface area contributed by atoms with E-state index in [1.54, 1.807) is 24.3 Å². The number of halogens is 3. The Morgan fingerprint density at radius 1 is 0.821 bits per heavy atom. The molecule has 2 heterocycles. The van der Waals surface area contributed by atoms with Crippen LogP contribution in [0.25, 0.3) is 0 Å². The molecule has 2 saturated heterocycles. The molecule has 3 aliphatic rings. The van der Waals surface area contributed by atoms with E-state index < -0.39 is 58.7 Å². The topological polar surface area (TPSA) is 80.8 Å². The van der Waals surface area contributed by atoms with Crippen molar-refractivity contribution in [3.8, 4) is 0 Å². The first-order chi connectivity index (χ1) is 18.5. The number of imide groups is 1. The van der Waals surface area contributed by atoms with Crippen LogP contribution in [0.4, 0.5) is 18.9 Å². The van der Waals surface area contributed by atoms with Crippen LogP contribution in [0.3, 0.4) is 0 Å². The number of hydrogen-bond acceptors (Lipinski definition) is 5. The lowest BCUT2D eigenvalue weighted by atomic mass is 9.77. The predicted molar refractivity (Wildman–Crippen MR) is 133 cm³/mol. The van der Waals surface area contributed by atoms with Crippen LogP contribution in [-0.4, -0.2) is 29.0 Å². The van der Waals surface area contributed by atoms with Crippen molar-refractivity contribution in [1.82, 2.24) is 0 Å². The lowest BCUT2D eigenvalue weighted by Crippen LogP contribution is -2.51. The van der Waals surface area contributed by atoms with Crippen LogP contribution in [0, 0.1) is 11.8 Å². The molecule has 0 radical (unpaired) electrons. The number of amides is 2. The van der Waals surface area contributed by atoms with E-state index in [9.17, 15) is 32.3 Å². The summed E-state index contributed by atoms with van der Waals surface area (Å²) < 4.78 is 46.6. The highest BCUT2D eigenvalue weighted by Gasteiger charge is 2.74. The van der Waals surface area contributed by atoms with Crippen molar-refractivity contribution in [2.75, 3.05) is 4.90 Å². The number of carbonyl (C=O) groups excluding carboxylic acids is 4. The normalized spacial score (nSPS) is 23.7. The third-order valence-electron chi connectivity index (χ3n) is 7.88. The molecule has 198 valence electrons. The number of anilines is 1. The molecule has 6 rings (SSSR count). The van der Waals surface area contributed by atoms with Crippen LogP contribution in [0.15, 0.2) is 72.8 Å². The number of Topliss-reactive ketones (excluding diaryl/α,β-unsaturated/α-hetero) is 2. The van der Waals surface area contributed by atoms with Crippen molar-refractivity contribution in [2.24, 2.45) is 11.8 Å². The number of carbonyl (C=O) groups is 4. The molecule has 9 heteroatoms. The van der Waals surface area contributed by atoms with Gasteiger partial charge in [0.25, 0.3) is 0 Å². The molecule has 2 aliphatic heterocycles. The molecule has 2 fully saturated rings. The van der Waals surface area contributed by atoms with Crippen LogP contribution >= 0.6 is 0 Å². The van der Waals surface area contributed by atoms with E-state index in [0.29, 0.717) is 16.5 Å². The van der Waals surface area contributed by atoms with Gasteiger partial charge in [0.1, 0.15) is 0 Å². The molecule has 1 aliphatic carbocycles. The van der Waals surface area contributed by atoms with Gasteiger partial charge in [-0.3, -0.25) is 19.2 Å². The van der Waals surface area contributed by atoms with E-state index in [2.05, 4.69) is 0 Å². The maximum absolute atomic E-state index is 13.9. The Bertz CT molecular complexity index is 1520. The number of nitrogens with zero attached hydrogens (tertiary/aromatic N) is 1. The standard InChI is InChI=1S/C30H22F3NO5/c1-15(2)16-10-12-17(13-11-16)24-22-23(29(39-24)25(35)20-8-3-4-9-21(20)26(29)36)28(38)34(27(22)37)19-7-5-6-18(14-19)30(31,32)33/h3-15,22-24H,1-2H3/t22-,23+,24-/m1/s1. The second kappa shape index (κ2) is 8.44. The van der Waals surface area contributed by atoms with Gasteiger partial charge in [-0.1, -0.05) is 68.4 Å². The van der Waals surface area contributed by atoms with Crippen molar-refractivity contribution in [1.29, 1.82) is 0 Å². The molecular formula is C30H22F3NO5. The molecule has 0 saturated carbocycles. The van der Waals surface area contributed by atoms with Crippen molar-refractivity contribution in [3.63, 3.8) is 0 Å². The number of ketones is 2. The molecule has 39 heavy (non-hydrogen) atoms. The number of alkyl halides is 3. The largest absolute Gasteiger partial charge is 0.416 e. The Morgan fingerprint density at radius 2 is 1.44 bits per heavy atom. The highest BCUT2D eigenvalue weighted by molar-refractivity contribution is 6.37. The SMILES string of the molecule is CC(C)c1ccc([C@H]2OC3(C(=O)c4ccccc4C3=O)[C@@H]3C(=O)N(c4cccc(C(F)(F)F)c4)C(=O)[C@@H]23)cc1. The summed E-state index contributed by atoms with van der Waals surface area (Å²) in [6, 6.07) is 17.0. The summed E-state index contributed by atoms with van der Waals surface area (Å²) in [6.45, 7) is 4.01. The van der Waals surface area contributed by atoms with Gasteiger partial charge >= 0.3 is 6.18 Å². The minimum atomic E-state index is -4.71. The maximum atomic E-state index is 13.9. The average molecular weight is 534 g/mol. The summed E-state index contributed by atoms with van der Waals surface area (Å²) in [7, 11) is 0. The third kappa shape index (κ3) is 3.45. The lowest BCUT2D eigenvalue weighted by molar-refractivity contribution is -0.137. The van der Waals surface area contributed by atoms with E-state index in [-0.39, 0.29) is 22.7 Å². The van der Waals surface area contributed by atoms with Gasteiger partial charge in [-0.2, -0.15) is 13.2 Å². The minimum Gasteiger partial charge on any atom is -0.349 e. The van der Waals surface area contributed by atoms with Crippen molar-refractivity contribution in [3.05, 3.63) is 101 Å². The van der Waals surface area contributed by atoms with Crippen LogP contribution < -0.4 is 4.90 Å². The van der Waals surface area contributed by atoms with Gasteiger partial charge in [-0.15, -0.1) is 0 Å². The smallest absolute Gasteiger partial charge is 0.349 e. The minimum absolute atomic E-state index is 0.0785. The van der Waals surface area contributed by atoms with Gasteiger partial charge in [0.15, 0.2) is 0 Å². The first-order valence-corrected chi connectivity index (χ1v) is 12.5. The molecule has 0 bridgehead atoms. The number of ether oxygens (including phenoxy) is 1. The van der Waals surface area contributed by atoms with Gasteiger partial charge in [0, 0.05) is 11.1 Å². The Balaban J connectivity index is 1.51. The van der Waals surface area contributed by atoms with Gasteiger partial charge in [-0.25, -0.2) is 4.90 Å². The highest BCUT2D eigenvalue weighted by Crippen LogP contribution is 2.57. The van der Waals surface area contributed by atoms with Gasteiger partial charge in [0.05, 0.1) is 29.2 Å². The maximum Gasteiger partial charge on any atom is 0.416 e. The molecule has 1 spiro atoms. The Morgan fingerprint density at radius 3 is 2.00 bits per heavy atom. The predicted octanol–water partition coefficient (Wildman–Crippen LogP) is 5.52. The zero-order valence-electron chi connectivity index (χ0n) is 20.9. The van der Waals surface area contributed by atoms with Crippen LogP contribution in [0.2, 0.25) is 0 Å². The first-order valence-electron chi connectivity index (χ1n) is 12.5. The summed E-state index contributed by atoms with van der Waals surface area (Å²) >= 11 is 0. The second-order valence-electron chi connectivity index (χ2n) is 10.4. The summed E-state index contributed by atoms with van der Waals surface area (Å²) in [4.78, 5) is 56.0. The van der Waals surface area contributed by atoms with Gasteiger partial charge in [-0.05, 0) is 35.2 Å². The zero-order chi connectivity index (χ0) is 27.9. The molecule has 3 aromatic carbocycles. The third-order valence-corrected chi connectivity index (χ3v) is 7.88. The Kier molecular flexibility index (Phi) is 5.45. The molecule has 2 amide bonds. The van der Waals surface area contributed by atoms with Crippen molar-refractivity contribution < 1.29 is 37.1 Å². The van der Waals surface area contributed by atoms with E-state index >= 15 is 0 Å². The Labute approximate surface area is 221 Å². The van der Waals surface area contributed by atoms with E-state index in [1.807, 2.05) is 26.0 Å². The van der Waals surface area contributed by atoms with Gasteiger partial charge in [0.2, 0.25) is 29.0 Å². The molecule has 3 atom stereocenters. The monoisotopic (exact) mass is 533 g/mol. The summed E-state index contributed by atoms with van der Waals surface area (Å²) in [6.07, 6.45) is -5.85. The summed E-state index contributed by atoms with van der Waals surface area (Å²) in [5.41, 5.74) is -1.97. The number of rotatable bonds is 3. The van der Waals surface area contributed by atoms with E-state index in [0.717, 1.165) is 17.7 Å². The fourth-order valence-electron chi connectivity index (χ4n) is 5.96. The average Bonchev–Trinajstić information content (AvgIpc) is 3.48. The second-order valence-corrected chi connectivity index (χ2v) is 10.4. The zero-order valence-corrected chi connectivity index (χ0v) is 20.9. The molecule has 6 nitrogen and oxygen atoms in total. The van der Waals surface area contributed by atoms with Gasteiger partial charge < -0.3 is 4.74 Å². The van der Waals surface area contributed by atoms with E-state index in [4.69, 9.17) is 4.74 Å². The number of benzene rings is 3. The van der Waals surface area contributed by atoms with E-state index in [1.165, 1.54) is 18.2 Å². The van der Waals surface area contributed by atoms with Crippen LogP contribution in [-0.2, 0) is 20.5 Å². The quantitative estimate of drug-likeness (QED) is 0.327. The lowest BCUT2D eigenvalue weighted by Gasteiger charge is -2.27. The fraction of sp³-hybridized carbons (Fsp3) is 0.267. The highest BCUT2D eigenvalue weighted by atomic mass is 19.4. The summed E-state index contributed by atoms with van der Waals surface area (Å²) in [5, 5.41) is 0. The Hall–Kier alpha value is -4.11. The number of fused-ring (bicyclic) bond motifs is 3. The molecule has 0 N–H and O–H groups in total. The first kappa shape index (κ1) is 25.2. The van der Waals surface area contributed by atoms with Crippen molar-refractivity contribution in [2.45, 2.75) is 37.6 Å². The molecule has 0 aromatic heterocycles. The fourth-order valence-corrected chi connectivity index (χ4v) is 5.96. The summed E-state index contributed by atoms with van der Waals surface area (Å²) in [5.74, 6) is -5.85. The van der Waals surface area contributed by atoms with Crippen LogP contribution in [0.5, 0.6) is 0 Å². The van der Waals surface area contributed by atoms with Crippen molar-refractivity contribution >= 4 is 29.1 Å². The number of hydrogen-bond donors (Lipinski definition) is 0. The molecular weight excluding hydrogens is 511 g/mol. The molecule has 0 unspecified atom stereocenters. The van der Waals surface area contributed by atoms with Crippen LogP contribution in [0.1, 0.15) is 63.3 Å². The molecule has 3 aromatic rings.